The van der Waals surface area contributed by atoms with E-state index < -0.39 is 23.9 Å². The van der Waals surface area contributed by atoms with Gasteiger partial charge in [-0.2, -0.15) is 5.10 Å². The summed E-state index contributed by atoms with van der Waals surface area (Å²) in [6, 6.07) is 25.8. The second-order valence-corrected chi connectivity index (χ2v) is 14.6. The molecule has 0 unspecified atom stereocenters. The Kier molecular flexibility index (Phi) is 19.0. The van der Waals surface area contributed by atoms with Crippen molar-refractivity contribution in [1.29, 1.82) is 0 Å². The lowest BCUT2D eigenvalue weighted by Gasteiger charge is -2.11. The van der Waals surface area contributed by atoms with Crippen molar-refractivity contribution < 1.29 is 47.6 Å². The van der Waals surface area contributed by atoms with Crippen LogP contribution in [-0.2, 0) is 19.1 Å². The maximum absolute atomic E-state index is 13.3. The number of para-hydroxylation sites is 1. The average Bonchev–Trinajstić information content (AvgIpc) is 3.72. The van der Waals surface area contributed by atoms with Crippen LogP contribution in [0.2, 0.25) is 0 Å². The zero-order valence-electron chi connectivity index (χ0n) is 34.3. The van der Waals surface area contributed by atoms with Gasteiger partial charge in [0.15, 0.2) is 0 Å². The topological polar surface area (TPSA) is 161 Å². The number of benzene rings is 4. The molecule has 322 valence electrons. The minimum atomic E-state index is -0.590. The molecule has 0 radical (unpaired) electrons. The highest BCUT2D eigenvalue weighted by molar-refractivity contribution is 7.22. The summed E-state index contributed by atoms with van der Waals surface area (Å²) >= 11 is 1.47. The number of aromatic nitrogens is 1. The molecule has 4 aromatic carbocycles. The van der Waals surface area contributed by atoms with E-state index in [4.69, 9.17) is 28.4 Å². The lowest BCUT2D eigenvalue weighted by molar-refractivity contribution is -0.138. The first kappa shape index (κ1) is 46.0. The largest absolute Gasteiger partial charge is 0.494 e. The second kappa shape index (κ2) is 25.5. The first-order valence-corrected chi connectivity index (χ1v) is 21.1. The highest BCUT2D eigenvalue weighted by atomic mass is 32.1. The van der Waals surface area contributed by atoms with Gasteiger partial charge >= 0.3 is 23.9 Å². The maximum Gasteiger partial charge on any atom is 0.343 e. The molecular weight excluding hydrogens is 811 g/mol. The van der Waals surface area contributed by atoms with Crippen molar-refractivity contribution in [3.05, 3.63) is 139 Å². The van der Waals surface area contributed by atoms with Crippen molar-refractivity contribution >= 4 is 62.9 Å². The van der Waals surface area contributed by atoms with Gasteiger partial charge in [-0.25, -0.2) is 24.2 Å². The van der Waals surface area contributed by atoms with E-state index >= 15 is 0 Å². The lowest BCUT2D eigenvalue weighted by Crippen LogP contribution is -2.11. The van der Waals surface area contributed by atoms with Crippen LogP contribution in [0.1, 0.15) is 77.6 Å². The van der Waals surface area contributed by atoms with E-state index in [1.54, 1.807) is 78.9 Å². The molecule has 0 aliphatic heterocycles. The van der Waals surface area contributed by atoms with Crippen LogP contribution in [0.15, 0.2) is 127 Å². The molecule has 13 nitrogen and oxygen atoms in total. The number of anilines is 1. The molecule has 0 aliphatic carbocycles. The van der Waals surface area contributed by atoms with Crippen LogP contribution >= 0.6 is 11.3 Å². The van der Waals surface area contributed by atoms with E-state index in [1.807, 2.05) is 24.3 Å². The van der Waals surface area contributed by atoms with Crippen LogP contribution in [0, 0.1) is 0 Å². The first-order valence-electron chi connectivity index (χ1n) is 20.2. The third kappa shape index (κ3) is 15.8. The Balaban J connectivity index is 1.15. The third-order valence-corrected chi connectivity index (χ3v) is 9.84. The van der Waals surface area contributed by atoms with Crippen LogP contribution < -0.4 is 24.4 Å². The maximum atomic E-state index is 13.3. The van der Waals surface area contributed by atoms with E-state index in [0.29, 0.717) is 59.7 Å². The molecule has 1 N–H and O–H groups in total. The number of nitrogens with one attached hydrogen (secondary N) is 1. The predicted molar refractivity (Wildman–Crippen MR) is 240 cm³/mol. The highest BCUT2D eigenvalue weighted by Gasteiger charge is 2.15. The molecule has 0 bridgehead atoms. The van der Waals surface area contributed by atoms with Gasteiger partial charge in [0.1, 0.15) is 23.0 Å². The van der Waals surface area contributed by atoms with Crippen molar-refractivity contribution in [3.8, 4) is 23.0 Å². The van der Waals surface area contributed by atoms with Crippen molar-refractivity contribution in [2.24, 2.45) is 5.10 Å². The smallest absolute Gasteiger partial charge is 0.343 e. The Morgan fingerprint density at radius 2 is 1.16 bits per heavy atom. The van der Waals surface area contributed by atoms with Gasteiger partial charge < -0.3 is 28.4 Å². The molecule has 5 aromatic rings. The number of carbonyl (C=O) groups is 4. The molecule has 14 heteroatoms. The summed E-state index contributed by atoms with van der Waals surface area (Å²) in [6.07, 6.45) is 14.0. The van der Waals surface area contributed by atoms with E-state index in [0.717, 1.165) is 73.7 Å². The monoisotopic (exact) mass is 859 g/mol. The molecular formula is C48H49N3O10S. The molecule has 0 spiro atoms. The van der Waals surface area contributed by atoms with Gasteiger partial charge in [-0.3, -0.25) is 5.43 Å². The minimum absolute atomic E-state index is 0.232. The van der Waals surface area contributed by atoms with Crippen LogP contribution in [0.5, 0.6) is 23.0 Å². The minimum Gasteiger partial charge on any atom is -0.494 e. The van der Waals surface area contributed by atoms with Crippen LogP contribution in [0.4, 0.5) is 5.13 Å². The summed E-state index contributed by atoms with van der Waals surface area (Å²) in [5.41, 5.74) is 4.89. The van der Waals surface area contributed by atoms with Gasteiger partial charge in [0.25, 0.3) is 0 Å². The predicted octanol–water partition coefficient (Wildman–Crippen LogP) is 10.2. The number of hydrogen-bond acceptors (Lipinski definition) is 14. The Bertz CT molecular complexity index is 2290. The molecule has 0 aliphatic rings. The quantitative estimate of drug-likeness (QED) is 0.0140. The number of carbonyl (C=O) groups excluding carboxylic acids is 4. The van der Waals surface area contributed by atoms with E-state index in [2.05, 4.69) is 28.7 Å². The second-order valence-electron chi connectivity index (χ2n) is 13.5. The number of fused-ring (bicyclic) bond motifs is 1. The Labute approximate surface area is 364 Å². The van der Waals surface area contributed by atoms with Gasteiger partial charge in [0.05, 0.1) is 47.8 Å². The molecule has 0 saturated carbocycles. The van der Waals surface area contributed by atoms with Gasteiger partial charge in [0, 0.05) is 23.9 Å². The fourth-order valence-corrected chi connectivity index (χ4v) is 6.49. The van der Waals surface area contributed by atoms with Gasteiger partial charge in [-0.05, 0) is 142 Å². The van der Waals surface area contributed by atoms with Crippen molar-refractivity contribution in [2.45, 2.75) is 51.4 Å². The van der Waals surface area contributed by atoms with Gasteiger partial charge in [-0.1, -0.05) is 36.6 Å². The molecule has 0 fully saturated rings. The average molecular weight is 860 g/mol. The fraction of sp³-hybridized carbons (Fsp3) is 0.250. The van der Waals surface area contributed by atoms with E-state index in [-0.39, 0.29) is 11.5 Å². The number of unbranched alkanes of at least 4 members (excludes halogenated alkanes) is 6. The fourth-order valence-electron chi connectivity index (χ4n) is 5.67. The lowest BCUT2D eigenvalue weighted by atomic mass is 10.1. The summed E-state index contributed by atoms with van der Waals surface area (Å²) in [5, 5.41) is 4.88. The molecule has 0 saturated heterocycles. The van der Waals surface area contributed by atoms with E-state index in [9.17, 15) is 19.2 Å². The van der Waals surface area contributed by atoms with Crippen LogP contribution in [0.25, 0.3) is 16.3 Å². The standard InChI is InChI=1S/C48H49N3O10S/c1-3-44(52)58-32-13-7-5-11-30-56-38-23-19-35(20-24-38)46(54)60-40-27-28-42(37(34-40)16-15-29-49-51-48-50-41-17-9-10-18-43(41)62-48)61-47(55)36-21-25-39(26-22-36)57-31-12-6-8-14-33-59-45(53)4-2/h3-4,9-10,15-29,34H,1-2,5-8,11-14,30-33H2,(H,50,51)/b16-15+,49-29+. The molecule has 0 amide bonds. The van der Waals surface area contributed by atoms with Crippen LogP contribution in [-0.4, -0.2) is 61.5 Å². The number of allylic oxidation sites excluding steroid dienone is 1. The van der Waals surface area contributed by atoms with Crippen molar-refractivity contribution in [2.75, 3.05) is 31.9 Å². The number of rotatable bonds is 26. The summed E-state index contributed by atoms with van der Waals surface area (Å²) in [6.45, 7) is 8.50. The van der Waals surface area contributed by atoms with Gasteiger partial charge in [0.2, 0.25) is 5.13 Å². The number of hydrogen-bond donors (Lipinski definition) is 1. The zero-order valence-corrected chi connectivity index (χ0v) is 35.1. The number of ether oxygens (including phenoxy) is 6. The molecule has 1 aromatic heterocycles. The molecule has 62 heavy (non-hydrogen) atoms. The number of thiazole rings is 1. The normalized spacial score (nSPS) is 11.0. The SMILES string of the molecule is C=CC(=O)OCCCCCCOc1ccc(C(=O)Oc2ccc(OC(=O)c3ccc(OCCCCCCOC(=O)C=C)cc3)c(/C=C/C=N/Nc3nc4ccccc4s3)c2)cc1. The van der Waals surface area contributed by atoms with E-state index in [1.165, 1.54) is 17.6 Å². The summed E-state index contributed by atoms with van der Waals surface area (Å²) in [4.78, 5) is 53.2. The molecule has 5 rings (SSSR count). The van der Waals surface area contributed by atoms with Crippen molar-refractivity contribution in [3.63, 3.8) is 0 Å². The molecule has 0 atom stereocenters. The highest BCUT2D eigenvalue weighted by Crippen LogP contribution is 2.28. The number of hydrazone groups is 1. The zero-order chi connectivity index (χ0) is 43.8. The number of esters is 4. The Hall–Kier alpha value is -7.06. The third-order valence-electron chi connectivity index (χ3n) is 8.90. The van der Waals surface area contributed by atoms with Gasteiger partial charge in [-0.15, -0.1) is 0 Å². The summed E-state index contributed by atoms with van der Waals surface area (Å²) < 4.78 is 34.2. The first-order chi connectivity index (χ1) is 30.3. The summed E-state index contributed by atoms with van der Waals surface area (Å²) in [7, 11) is 0. The molecule has 1 heterocycles. The Morgan fingerprint density at radius 1 is 0.629 bits per heavy atom. The van der Waals surface area contributed by atoms with Crippen molar-refractivity contribution in [1.82, 2.24) is 4.98 Å². The number of nitrogens with zero attached hydrogens (tertiary/aromatic N) is 2. The van der Waals surface area contributed by atoms with Crippen LogP contribution in [0.3, 0.4) is 0 Å². The Morgan fingerprint density at radius 3 is 1.73 bits per heavy atom. The summed E-state index contributed by atoms with van der Waals surface area (Å²) in [5.74, 6) is -0.300.